The van der Waals surface area contributed by atoms with Crippen molar-refractivity contribution >= 4 is 137 Å². The Labute approximate surface area is 200 Å². The van der Waals surface area contributed by atoms with Crippen molar-refractivity contribution in [2.75, 3.05) is 0 Å². The molecular weight excluding hydrogens is 847 g/mol. The first kappa shape index (κ1) is 21.5. The van der Waals surface area contributed by atoms with Gasteiger partial charge in [0.25, 0.3) is 0 Å². The largest absolute Gasteiger partial charge is 0.218 e. The van der Waals surface area contributed by atoms with Gasteiger partial charge in [-0.1, -0.05) is 0 Å². The highest BCUT2D eigenvalue weighted by Gasteiger charge is 2.28. The molecule has 0 aliphatic heterocycles. The molecule has 0 aliphatic rings. The Bertz CT molecular complexity index is 854. The summed E-state index contributed by atoms with van der Waals surface area (Å²) in [5, 5.41) is 0. The van der Waals surface area contributed by atoms with Crippen molar-refractivity contribution in [3.63, 3.8) is 0 Å². The molecule has 2 aromatic carbocycles. The van der Waals surface area contributed by atoms with Crippen molar-refractivity contribution in [3.05, 3.63) is 47.9 Å². The molecule has 0 fully saturated rings. The van der Waals surface area contributed by atoms with E-state index in [0.717, 1.165) is 8.95 Å². The topological polar surface area (TPSA) is 34.1 Å². The number of benzene rings is 2. The van der Waals surface area contributed by atoms with E-state index in [-0.39, 0.29) is 9.79 Å². The summed E-state index contributed by atoms with van der Waals surface area (Å²) in [6.45, 7) is 0. The molecule has 23 heavy (non-hydrogen) atoms. The van der Waals surface area contributed by atoms with Crippen molar-refractivity contribution in [1.29, 1.82) is 0 Å². The molecule has 2 aromatic rings. The molecule has 0 bridgehead atoms. The maximum atomic E-state index is 13.1. The quantitative estimate of drug-likeness (QED) is 0.224. The lowest BCUT2D eigenvalue weighted by Gasteiger charge is -2.14. The first-order valence-corrected chi connectivity index (χ1v) is 13.2. The molecule has 0 unspecified atom stereocenters. The number of hydrogen-bond donors (Lipinski definition) is 0. The lowest BCUT2D eigenvalue weighted by Crippen LogP contribution is -2.06. The van der Waals surface area contributed by atoms with Crippen LogP contribution in [0.4, 0.5) is 0 Å². The summed E-state index contributed by atoms with van der Waals surface area (Å²) in [4.78, 5) is 0.280. The summed E-state index contributed by atoms with van der Waals surface area (Å²) in [5.74, 6) is 0. The molecule has 0 heterocycles. The van der Waals surface area contributed by atoms with Gasteiger partial charge in [0.2, 0.25) is 9.84 Å². The SMILES string of the molecule is O=S(=O)(c1cc(Br)c(Br)c(Br)c1Br)c1cc(Br)c(Br)c(Br)c1Br. The standard InChI is InChI=1S/C12H2Br8O2S/c13-3-1-5(9(17)11(19)7(3)15)23(21,22)6-2-4(14)8(16)12(20)10(6)18/h1-2H. The summed E-state index contributed by atoms with van der Waals surface area (Å²) in [5.41, 5.74) is 0. The molecule has 0 aliphatic carbocycles. The van der Waals surface area contributed by atoms with Crippen LogP contribution in [0.2, 0.25) is 0 Å². The molecule has 11 heteroatoms. The third kappa shape index (κ3) is 4.07. The zero-order valence-corrected chi connectivity index (χ0v) is 23.9. The third-order valence-corrected chi connectivity index (χ3v) is 14.4. The molecule has 2 nitrogen and oxygen atoms in total. The summed E-state index contributed by atoms with van der Waals surface area (Å²) in [7, 11) is -3.78. The highest BCUT2D eigenvalue weighted by molar-refractivity contribution is 9.15. The van der Waals surface area contributed by atoms with E-state index in [1.807, 2.05) is 0 Å². The minimum Gasteiger partial charge on any atom is -0.218 e. The Morgan fingerprint density at radius 2 is 0.826 bits per heavy atom. The van der Waals surface area contributed by atoms with Crippen molar-refractivity contribution in [2.45, 2.75) is 9.79 Å². The van der Waals surface area contributed by atoms with Crippen LogP contribution in [0.15, 0.2) is 57.7 Å². The van der Waals surface area contributed by atoms with Gasteiger partial charge in [-0.25, -0.2) is 8.42 Å². The Hall–Kier alpha value is 2.23. The first-order valence-electron chi connectivity index (χ1n) is 5.41. The molecule has 2 rings (SSSR count). The second-order valence-electron chi connectivity index (χ2n) is 4.10. The molecule has 0 saturated heterocycles. The second-order valence-corrected chi connectivity index (χ2v) is 12.5. The normalized spacial score (nSPS) is 11.8. The smallest absolute Gasteiger partial charge is 0.208 e. The van der Waals surface area contributed by atoms with E-state index in [1.54, 1.807) is 12.1 Å². The second kappa shape index (κ2) is 8.08. The Kier molecular flexibility index (Phi) is 7.56. The predicted octanol–water partition coefficient (Wildman–Crippen LogP) is 8.62. The summed E-state index contributed by atoms with van der Waals surface area (Å²) < 4.78 is 31.1. The lowest BCUT2D eigenvalue weighted by molar-refractivity contribution is 0.595. The van der Waals surface area contributed by atoms with Crippen LogP contribution < -0.4 is 0 Å². The van der Waals surface area contributed by atoms with Gasteiger partial charge in [-0.05, 0) is 140 Å². The van der Waals surface area contributed by atoms with Crippen LogP contribution in [0.5, 0.6) is 0 Å². The highest BCUT2D eigenvalue weighted by Crippen LogP contribution is 2.46. The summed E-state index contributed by atoms with van der Waals surface area (Å²) in [6, 6.07) is 3.09. The van der Waals surface area contributed by atoms with Crippen molar-refractivity contribution in [2.24, 2.45) is 0 Å². The van der Waals surface area contributed by atoms with E-state index < -0.39 is 9.84 Å². The van der Waals surface area contributed by atoms with Gasteiger partial charge in [0.05, 0.1) is 18.7 Å². The van der Waals surface area contributed by atoms with E-state index >= 15 is 0 Å². The molecule has 0 N–H and O–H groups in total. The highest BCUT2D eigenvalue weighted by atomic mass is 79.9. The minimum absolute atomic E-state index is 0.140. The molecule has 0 saturated carbocycles. The summed E-state index contributed by atoms with van der Waals surface area (Å²) >= 11 is 26.9. The van der Waals surface area contributed by atoms with Crippen LogP contribution in [-0.4, -0.2) is 8.42 Å². The van der Waals surface area contributed by atoms with Crippen molar-refractivity contribution in [1.82, 2.24) is 0 Å². The van der Waals surface area contributed by atoms with Crippen LogP contribution in [0.3, 0.4) is 0 Å². The third-order valence-electron chi connectivity index (χ3n) is 2.72. The van der Waals surface area contributed by atoms with E-state index in [9.17, 15) is 8.42 Å². The van der Waals surface area contributed by atoms with E-state index in [1.165, 1.54) is 0 Å². The van der Waals surface area contributed by atoms with Crippen LogP contribution in [-0.2, 0) is 9.84 Å². The zero-order chi connectivity index (χ0) is 17.7. The van der Waals surface area contributed by atoms with Gasteiger partial charge in [-0.15, -0.1) is 0 Å². The Morgan fingerprint density at radius 3 is 1.13 bits per heavy atom. The van der Waals surface area contributed by atoms with Gasteiger partial charge in [-0.3, -0.25) is 0 Å². The Morgan fingerprint density at radius 1 is 0.522 bits per heavy atom. The average Bonchev–Trinajstić information content (AvgIpc) is 2.49. The maximum Gasteiger partial charge on any atom is 0.208 e. The van der Waals surface area contributed by atoms with E-state index in [0.29, 0.717) is 26.8 Å². The molecule has 0 atom stereocenters. The number of rotatable bonds is 2. The van der Waals surface area contributed by atoms with Crippen molar-refractivity contribution < 1.29 is 8.42 Å². The average molecular weight is 849 g/mol. The predicted molar refractivity (Wildman–Crippen MR) is 120 cm³/mol. The fraction of sp³-hybridized carbons (Fsp3) is 0. The van der Waals surface area contributed by atoms with Crippen LogP contribution >= 0.6 is 127 Å². The molecule has 124 valence electrons. The number of hydrogen-bond acceptors (Lipinski definition) is 2. The molecular formula is C12H2Br8O2S. The molecule has 0 radical (unpaired) electrons. The van der Waals surface area contributed by atoms with Gasteiger partial charge in [0.1, 0.15) is 0 Å². The fourth-order valence-electron chi connectivity index (χ4n) is 1.61. The van der Waals surface area contributed by atoms with Gasteiger partial charge < -0.3 is 0 Å². The monoisotopic (exact) mass is 841 g/mol. The molecule has 0 spiro atoms. The molecule has 0 aromatic heterocycles. The van der Waals surface area contributed by atoms with Crippen LogP contribution in [0.25, 0.3) is 0 Å². The summed E-state index contributed by atoms with van der Waals surface area (Å²) in [6.07, 6.45) is 0. The maximum absolute atomic E-state index is 13.1. The van der Waals surface area contributed by atoms with Crippen molar-refractivity contribution in [3.8, 4) is 0 Å². The number of halogens is 8. The van der Waals surface area contributed by atoms with E-state index in [4.69, 9.17) is 0 Å². The molecule has 0 amide bonds. The van der Waals surface area contributed by atoms with Gasteiger partial charge >= 0.3 is 0 Å². The zero-order valence-electron chi connectivity index (χ0n) is 10.4. The fourth-order valence-corrected chi connectivity index (χ4v) is 8.94. The van der Waals surface area contributed by atoms with Gasteiger partial charge in [0, 0.05) is 26.8 Å². The van der Waals surface area contributed by atoms with Crippen LogP contribution in [0, 0.1) is 0 Å². The first-order chi connectivity index (χ1) is 10.5. The van der Waals surface area contributed by atoms with Gasteiger partial charge in [0.15, 0.2) is 0 Å². The van der Waals surface area contributed by atoms with E-state index in [2.05, 4.69) is 127 Å². The number of sulfone groups is 1. The lowest BCUT2D eigenvalue weighted by atomic mass is 10.4. The Balaban J connectivity index is 2.85. The van der Waals surface area contributed by atoms with Gasteiger partial charge in [-0.2, -0.15) is 0 Å². The minimum atomic E-state index is -3.78. The van der Waals surface area contributed by atoms with Crippen LogP contribution in [0.1, 0.15) is 0 Å².